The molecule has 3 heterocycles. The van der Waals surface area contributed by atoms with Crippen LogP contribution in [-0.4, -0.2) is 27.5 Å². The molecular weight excluding hydrogens is 406 g/mol. The minimum atomic E-state index is -2.98. The molecule has 1 unspecified atom stereocenters. The maximum atomic E-state index is 14.5. The van der Waals surface area contributed by atoms with E-state index in [1.807, 2.05) is 0 Å². The highest BCUT2D eigenvalue weighted by molar-refractivity contribution is 6.00. The first kappa shape index (κ1) is 19.6. The van der Waals surface area contributed by atoms with Crippen LogP contribution in [0.2, 0.25) is 0 Å². The summed E-state index contributed by atoms with van der Waals surface area (Å²) < 4.78 is 31.8. The Kier molecular flexibility index (Phi) is 4.33. The maximum absolute atomic E-state index is 14.5. The number of imidazole rings is 1. The summed E-state index contributed by atoms with van der Waals surface area (Å²) in [6, 6.07) is 9.36. The van der Waals surface area contributed by atoms with Crippen molar-refractivity contribution in [3.05, 3.63) is 58.0 Å². The molecule has 0 radical (unpaired) electrons. The van der Waals surface area contributed by atoms with E-state index in [1.54, 1.807) is 37.4 Å². The first-order chi connectivity index (χ1) is 14.8. The third-order valence-electron chi connectivity index (χ3n) is 6.10. The highest BCUT2D eigenvalue weighted by atomic mass is 19.3. The fraction of sp³-hybridized carbons (Fsp3) is 0.318. The number of aryl methyl sites for hydroxylation is 1. The van der Waals surface area contributed by atoms with E-state index in [9.17, 15) is 23.2 Å². The summed E-state index contributed by atoms with van der Waals surface area (Å²) >= 11 is 0. The fourth-order valence-corrected chi connectivity index (χ4v) is 4.59. The van der Waals surface area contributed by atoms with Crippen LogP contribution in [-0.2, 0) is 29.1 Å². The Morgan fingerprint density at radius 1 is 1.13 bits per heavy atom. The second-order valence-corrected chi connectivity index (χ2v) is 8.03. The van der Waals surface area contributed by atoms with Crippen LogP contribution >= 0.6 is 0 Å². The first-order valence-corrected chi connectivity index (χ1v) is 10.0. The number of rotatable bonds is 2. The molecule has 0 bridgehead atoms. The van der Waals surface area contributed by atoms with E-state index in [0.717, 1.165) is 0 Å². The zero-order chi connectivity index (χ0) is 21.9. The zero-order valence-corrected chi connectivity index (χ0v) is 16.7. The summed E-state index contributed by atoms with van der Waals surface area (Å²) in [5.74, 6) is -3.86. The minimum Gasteiger partial charge on any atom is -0.307 e. The summed E-state index contributed by atoms with van der Waals surface area (Å²) in [5, 5.41) is 5.01. The van der Waals surface area contributed by atoms with Crippen molar-refractivity contribution in [1.82, 2.24) is 19.8 Å². The molecule has 2 aromatic carbocycles. The number of benzene rings is 2. The van der Waals surface area contributed by atoms with E-state index in [1.165, 1.54) is 15.2 Å². The lowest BCUT2D eigenvalue weighted by Crippen LogP contribution is -2.44. The first-order valence-electron chi connectivity index (χ1n) is 10.0. The largest absolute Gasteiger partial charge is 0.329 e. The summed E-state index contributed by atoms with van der Waals surface area (Å²) in [6.45, 7) is -0.0438. The predicted octanol–water partition coefficient (Wildman–Crippen LogP) is 2.18. The molecule has 2 amide bonds. The van der Waals surface area contributed by atoms with Crippen LogP contribution in [0, 0.1) is 0 Å². The quantitative estimate of drug-likeness (QED) is 0.616. The molecule has 1 saturated heterocycles. The van der Waals surface area contributed by atoms with Crippen molar-refractivity contribution in [3.8, 4) is 11.1 Å². The molecule has 5 rings (SSSR count). The number of para-hydroxylation sites is 1. The molecule has 2 aliphatic heterocycles. The molecule has 0 saturated carbocycles. The SMILES string of the molecule is Cn1c(=O)n(C2CCC(=O)NC2=O)c2cccc(-c3ccc4c(c3)C(F)(F)CNC4)c21. The molecule has 7 nitrogen and oxygen atoms in total. The maximum Gasteiger partial charge on any atom is 0.329 e. The van der Waals surface area contributed by atoms with Crippen LogP contribution in [0.15, 0.2) is 41.2 Å². The molecule has 0 aliphatic carbocycles. The van der Waals surface area contributed by atoms with Crippen LogP contribution < -0.4 is 16.3 Å². The van der Waals surface area contributed by atoms with Crippen molar-refractivity contribution < 1.29 is 18.4 Å². The molecule has 9 heteroatoms. The van der Waals surface area contributed by atoms with Gasteiger partial charge in [-0.2, -0.15) is 8.78 Å². The van der Waals surface area contributed by atoms with Crippen molar-refractivity contribution in [1.29, 1.82) is 0 Å². The van der Waals surface area contributed by atoms with E-state index in [0.29, 0.717) is 34.3 Å². The van der Waals surface area contributed by atoms with Gasteiger partial charge in [0.1, 0.15) is 6.04 Å². The molecule has 1 atom stereocenters. The molecule has 2 aliphatic rings. The van der Waals surface area contributed by atoms with Crippen molar-refractivity contribution in [2.45, 2.75) is 31.4 Å². The van der Waals surface area contributed by atoms with Gasteiger partial charge in [-0.05, 0) is 29.7 Å². The number of aromatic nitrogens is 2. The van der Waals surface area contributed by atoms with Gasteiger partial charge in [0.25, 0.3) is 5.92 Å². The fourth-order valence-electron chi connectivity index (χ4n) is 4.59. The summed E-state index contributed by atoms with van der Waals surface area (Å²) in [7, 11) is 1.59. The van der Waals surface area contributed by atoms with Gasteiger partial charge in [-0.1, -0.05) is 24.3 Å². The zero-order valence-electron chi connectivity index (χ0n) is 16.7. The summed E-state index contributed by atoms with van der Waals surface area (Å²) in [4.78, 5) is 37.0. The lowest BCUT2D eigenvalue weighted by molar-refractivity contribution is -0.135. The number of hydrogen-bond donors (Lipinski definition) is 2. The topological polar surface area (TPSA) is 85.1 Å². The third kappa shape index (κ3) is 2.99. The number of alkyl halides is 2. The van der Waals surface area contributed by atoms with E-state index >= 15 is 0 Å². The minimum absolute atomic E-state index is 0.0182. The van der Waals surface area contributed by atoms with Gasteiger partial charge in [0.15, 0.2) is 0 Å². The average molecular weight is 426 g/mol. The molecular formula is C22H20F2N4O3. The van der Waals surface area contributed by atoms with Crippen molar-refractivity contribution in [2.24, 2.45) is 7.05 Å². The van der Waals surface area contributed by atoms with Crippen LogP contribution in [0.5, 0.6) is 0 Å². The van der Waals surface area contributed by atoms with Crippen LogP contribution in [0.3, 0.4) is 0 Å². The monoisotopic (exact) mass is 426 g/mol. The van der Waals surface area contributed by atoms with Gasteiger partial charge in [-0.25, -0.2) is 4.79 Å². The number of nitrogens with one attached hydrogen (secondary N) is 2. The Labute approximate surface area is 175 Å². The number of hydrogen-bond acceptors (Lipinski definition) is 4. The van der Waals surface area contributed by atoms with Gasteiger partial charge in [0, 0.05) is 31.1 Å². The molecule has 2 N–H and O–H groups in total. The number of nitrogens with zero attached hydrogens (tertiary/aromatic N) is 2. The molecule has 3 aromatic rings. The van der Waals surface area contributed by atoms with Gasteiger partial charge in [-0.15, -0.1) is 0 Å². The lowest BCUT2D eigenvalue weighted by Gasteiger charge is -2.26. The second kappa shape index (κ2) is 6.84. The van der Waals surface area contributed by atoms with Gasteiger partial charge in [0.2, 0.25) is 11.8 Å². The van der Waals surface area contributed by atoms with E-state index < -0.39 is 30.1 Å². The predicted molar refractivity (Wildman–Crippen MR) is 110 cm³/mol. The number of piperidine rings is 1. The van der Waals surface area contributed by atoms with E-state index in [2.05, 4.69) is 10.6 Å². The van der Waals surface area contributed by atoms with Gasteiger partial charge in [-0.3, -0.25) is 24.0 Å². The number of imide groups is 1. The summed E-state index contributed by atoms with van der Waals surface area (Å²) in [6.07, 6.45) is 0.374. The normalized spacial score (nSPS) is 20.5. The smallest absolute Gasteiger partial charge is 0.307 e. The molecule has 1 aromatic heterocycles. The Bertz CT molecular complexity index is 1310. The molecule has 1 fully saturated rings. The number of carbonyl (C=O) groups is 2. The molecule has 31 heavy (non-hydrogen) atoms. The Morgan fingerprint density at radius 2 is 1.94 bits per heavy atom. The number of halogens is 2. The van der Waals surface area contributed by atoms with E-state index in [4.69, 9.17) is 0 Å². The molecule has 0 spiro atoms. The van der Waals surface area contributed by atoms with Gasteiger partial charge < -0.3 is 5.32 Å². The molecule has 160 valence electrons. The average Bonchev–Trinajstić information content (AvgIpc) is 2.99. The number of fused-ring (bicyclic) bond motifs is 2. The highest BCUT2D eigenvalue weighted by Crippen LogP contribution is 2.37. The van der Waals surface area contributed by atoms with E-state index in [-0.39, 0.29) is 24.3 Å². The van der Waals surface area contributed by atoms with Crippen LogP contribution in [0.4, 0.5) is 8.78 Å². The van der Waals surface area contributed by atoms with Crippen molar-refractivity contribution >= 4 is 22.8 Å². The number of carbonyl (C=O) groups excluding carboxylic acids is 2. The third-order valence-corrected chi connectivity index (χ3v) is 6.10. The Balaban J connectivity index is 1.70. The van der Waals surface area contributed by atoms with Crippen LogP contribution in [0.1, 0.15) is 30.0 Å². The highest BCUT2D eigenvalue weighted by Gasteiger charge is 2.37. The van der Waals surface area contributed by atoms with Crippen molar-refractivity contribution in [3.63, 3.8) is 0 Å². The Hall–Kier alpha value is -3.33. The summed E-state index contributed by atoms with van der Waals surface area (Å²) in [5.41, 5.74) is 2.39. The van der Waals surface area contributed by atoms with Crippen LogP contribution in [0.25, 0.3) is 22.2 Å². The lowest BCUT2D eigenvalue weighted by atomic mass is 9.92. The Morgan fingerprint density at radius 3 is 2.71 bits per heavy atom. The standard InChI is InChI=1S/C22H20F2N4O3/c1-27-19-14(12-5-6-13-10-25-11-22(23,24)15(13)9-12)3-2-4-16(19)28(21(27)31)17-7-8-18(29)26-20(17)30/h2-6,9,17,25H,7-8,10-11H2,1H3,(H,26,29,30). The second-order valence-electron chi connectivity index (χ2n) is 8.03. The van der Waals surface area contributed by atoms with Gasteiger partial charge in [0.05, 0.1) is 17.6 Å². The van der Waals surface area contributed by atoms with Gasteiger partial charge >= 0.3 is 5.69 Å². The number of amides is 2. The van der Waals surface area contributed by atoms with Crippen molar-refractivity contribution in [2.75, 3.05) is 6.54 Å².